The molecule has 0 unspecified atom stereocenters. The number of hydrogen-bond acceptors (Lipinski definition) is 4. The predicted octanol–water partition coefficient (Wildman–Crippen LogP) is 3.57. The van der Waals surface area contributed by atoms with Crippen LogP contribution in [0.1, 0.15) is 16.7 Å². The number of methoxy groups -OCH3 is 1. The first kappa shape index (κ1) is 22.8. The molecule has 0 radical (unpaired) electrons. The summed E-state index contributed by atoms with van der Waals surface area (Å²) in [4.78, 5) is 25.1. The van der Waals surface area contributed by atoms with Crippen LogP contribution in [-0.2, 0) is 20.9 Å². The quantitative estimate of drug-likeness (QED) is 0.324. The molecule has 2 aromatic carbocycles. The molecule has 0 spiro atoms. The normalized spacial score (nSPS) is 11.2. The van der Waals surface area contributed by atoms with E-state index in [0.29, 0.717) is 24.4 Å². The molecule has 2 N–H and O–H groups in total. The summed E-state index contributed by atoms with van der Waals surface area (Å²) >= 11 is 0. The van der Waals surface area contributed by atoms with E-state index < -0.39 is 5.91 Å². The largest absolute Gasteiger partial charge is 0.383 e. The molecule has 2 amide bonds. The van der Waals surface area contributed by atoms with Gasteiger partial charge >= 0.3 is 0 Å². The molecule has 3 aromatic rings. The Morgan fingerprint density at radius 2 is 1.94 bits per heavy atom. The molecule has 32 heavy (non-hydrogen) atoms. The number of carbonyl (C=O) groups is 2. The number of benzene rings is 2. The van der Waals surface area contributed by atoms with E-state index in [-0.39, 0.29) is 18.0 Å². The van der Waals surface area contributed by atoms with Crippen LogP contribution in [0.5, 0.6) is 0 Å². The van der Waals surface area contributed by atoms with Gasteiger partial charge in [-0.05, 0) is 43.2 Å². The SMILES string of the molecule is COCCNC(=O)Cn1cc(/C=C(\C#N)C(=O)Nc2cccc(C)c2C)c2ccccc21. The minimum Gasteiger partial charge on any atom is -0.383 e. The minimum atomic E-state index is -0.477. The zero-order chi connectivity index (χ0) is 23.1. The summed E-state index contributed by atoms with van der Waals surface area (Å²) in [6.07, 6.45) is 3.34. The Morgan fingerprint density at radius 3 is 2.69 bits per heavy atom. The molecule has 0 aliphatic rings. The third-order valence-electron chi connectivity index (χ3n) is 5.28. The smallest absolute Gasteiger partial charge is 0.266 e. The maximum absolute atomic E-state index is 12.8. The number of hydrogen-bond donors (Lipinski definition) is 2. The Bertz CT molecular complexity index is 1220. The molecule has 0 aliphatic carbocycles. The van der Waals surface area contributed by atoms with E-state index in [1.54, 1.807) is 23.9 Å². The van der Waals surface area contributed by atoms with E-state index in [4.69, 9.17) is 4.74 Å². The Kier molecular flexibility index (Phi) is 7.42. The molecule has 1 heterocycles. The van der Waals surface area contributed by atoms with Crippen molar-refractivity contribution in [3.8, 4) is 6.07 Å². The molecule has 1 aromatic heterocycles. The molecular weight excluding hydrogens is 404 g/mol. The zero-order valence-corrected chi connectivity index (χ0v) is 18.4. The van der Waals surface area contributed by atoms with Crippen LogP contribution in [0.3, 0.4) is 0 Å². The second-order valence-corrected chi connectivity index (χ2v) is 7.44. The average Bonchev–Trinajstić information content (AvgIpc) is 3.12. The zero-order valence-electron chi connectivity index (χ0n) is 18.4. The number of amides is 2. The van der Waals surface area contributed by atoms with Gasteiger partial charge in [-0.3, -0.25) is 9.59 Å². The lowest BCUT2D eigenvalue weighted by Gasteiger charge is -2.09. The van der Waals surface area contributed by atoms with Crippen LogP contribution >= 0.6 is 0 Å². The Morgan fingerprint density at radius 1 is 1.16 bits per heavy atom. The molecule has 0 saturated heterocycles. The van der Waals surface area contributed by atoms with Gasteiger partial charge in [0.05, 0.1) is 6.61 Å². The monoisotopic (exact) mass is 430 g/mol. The number of aryl methyl sites for hydroxylation is 1. The standard InChI is InChI=1S/C25H26N4O3/c1-17-7-6-9-22(18(17)2)28-25(31)19(14-26)13-20-15-29(16-24(30)27-11-12-32-3)23-10-5-4-8-21(20)23/h4-10,13,15H,11-12,16H2,1-3H3,(H,27,30)(H,28,31)/b19-13+. The summed E-state index contributed by atoms with van der Waals surface area (Å²) in [6, 6.07) is 15.2. The molecule has 0 fully saturated rings. The van der Waals surface area contributed by atoms with Gasteiger partial charge in [0, 0.05) is 42.0 Å². The van der Waals surface area contributed by atoms with Crippen LogP contribution in [0, 0.1) is 25.2 Å². The van der Waals surface area contributed by atoms with Crippen molar-refractivity contribution in [1.29, 1.82) is 5.26 Å². The molecule has 7 heteroatoms. The fourth-order valence-electron chi connectivity index (χ4n) is 3.40. The van der Waals surface area contributed by atoms with Gasteiger partial charge in [-0.15, -0.1) is 0 Å². The van der Waals surface area contributed by atoms with Crippen molar-refractivity contribution in [1.82, 2.24) is 9.88 Å². The van der Waals surface area contributed by atoms with Crippen LogP contribution < -0.4 is 10.6 Å². The molecule has 0 aliphatic heterocycles. The Balaban J connectivity index is 1.89. The number of para-hydroxylation sites is 1. The second kappa shape index (κ2) is 10.4. The van der Waals surface area contributed by atoms with Gasteiger partial charge in [-0.2, -0.15) is 5.26 Å². The van der Waals surface area contributed by atoms with Crippen LogP contribution in [0.4, 0.5) is 5.69 Å². The van der Waals surface area contributed by atoms with Gasteiger partial charge in [0.15, 0.2) is 0 Å². The summed E-state index contributed by atoms with van der Waals surface area (Å²) in [5.74, 6) is -0.623. The molecule has 3 rings (SSSR count). The fourth-order valence-corrected chi connectivity index (χ4v) is 3.40. The number of aromatic nitrogens is 1. The van der Waals surface area contributed by atoms with Gasteiger partial charge in [-0.1, -0.05) is 30.3 Å². The summed E-state index contributed by atoms with van der Waals surface area (Å²) in [6.45, 7) is 4.87. The van der Waals surface area contributed by atoms with E-state index in [2.05, 4.69) is 10.6 Å². The minimum absolute atomic E-state index is 0.0154. The summed E-state index contributed by atoms with van der Waals surface area (Å²) in [5.41, 5.74) is 4.20. The number of carbonyl (C=O) groups excluding carboxylic acids is 2. The maximum atomic E-state index is 12.8. The highest BCUT2D eigenvalue weighted by Gasteiger charge is 2.15. The van der Waals surface area contributed by atoms with Crippen LogP contribution in [-0.4, -0.2) is 36.6 Å². The van der Waals surface area contributed by atoms with Crippen molar-refractivity contribution in [2.75, 3.05) is 25.6 Å². The second-order valence-electron chi connectivity index (χ2n) is 7.44. The highest BCUT2D eigenvalue weighted by atomic mass is 16.5. The van der Waals surface area contributed by atoms with Crippen molar-refractivity contribution in [2.24, 2.45) is 0 Å². The summed E-state index contributed by atoms with van der Waals surface area (Å²) in [5, 5.41) is 16.1. The van der Waals surface area contributed by atoms with Crippen molar-refractivity contribution in [3.63, 3.8) is 0 Å². The maximum Gasteiger partial charge on any atom is 0.266 e. The topological polar surface area (TPSA) is 96.2 Å². The number of nitriles is 1. The lowest BCUT2D eigenvalue weighted by Crippen LogP contribution is -2.30. The van der Waals surface area contributed by atoms with E-state index in [1.807, 2.05) is 62.4 Å². The molecule has 164 valence electrons. The molecule has 0 bridgehead atoms. The van der Waals surface area contributed by atoms with Crippen molar-refractivity contribution >= 4 is 34.5 Å². The van der Waals surface area contributed by atoms with Crippen LogP contribution in [0.25, 0.3) is 17.0 Å². The lowest BCUT2D eigenvalue weighted by atomic mass is 10.1. The third kappa shape index (κ3) is 5.23. The van der Waals surface area contributed by atoms with Gasteiger partial charge in [0.2, 0.25) is 5.91 Å². The van der Waals surface area contributed by atoms with Gasteiger partial charge in [-0.25, -0.2) is 0 Å². The number of rotatable bonds is 8. The number of ether oxygens (including phenoxy) is 1. The highest BCUT2D eigenvalue weighted by molar-refractivity contribution is 6.11. The number of fused-ring (bicyclic) bond motifs is 1. The lowest BCUT2D eigenvalue weighted by molar-refractivity contribution is -0.121. The van der Waals surface area contributed by atoms with E-state index in [0.717, 1.165) is 22.0 Å². The molecule has 0 atom stereocenters. The number of nitrogens with one attached hydrogen (secondary N) is 2. The molecule has 0 saturated carbocycles. The van der Waals surface area contributed by atoms with E-state index in [1.165, 1.54) is 0 Å². The van der Waals surface area contributed by atoms with Crippen molar-refractivity contribution in [2.45, 2.75) is 20.4 Å². The predicted molar refractivity (Wildman–Crippen MR) is 125 cm³/mol. The summed E-state index contributed by atoms with van der Waals surface area (Å²) < 4.78 is 6.76. The molecular formula is C25H26N4O3. The first-order chi connectivity index (χ1) is 15.4. The number of anilines is 1. The Labute approximate surface area is 187 Å². The first-order valence-electron chi connectivity index (χ1n) is 10.3. The average molecular weight is 431 g/mol. The third-order valence-corrected chi connectivity index (χ3v) is 5.28. The highest BCUT2D eigenvalue weighted by Crippen LogP contribution is 2.24. The first-order valence-corrected chi connectivity index (χ1v) is 10.3. The van der Waals surface area contributed by atoms with Crippen LogP contribution in [0.2, 0.25) is 0 Å². The van der Waals surface area contributed by atoms with Gasteiger partial charge in [0.1, 0.15) is 18.2 Å². The molecule has 7 nitrogen and oxygen atoms in total. The van der Waals surface area contributed by atoms with Gasteiger partial charge in [0.25, 0.3) is 5.91 Å². The number of nitrogens with zero attached hydrogens (tertiary/aromatic N) is 2. The van der Waals surface area contributed by atoms with Gasteiger partial charge < -0.3 is 19.9 Å². The van der Waals surface area contributed by atoms with E-state index >= 15 is 0 Å². The van der Waals surface area contributed by atoms with Crippen LogP contribution in [0.15, 0.2) is 54.2 Å². The van der Waals surface area contributed by atoms with Crippen molar-refractivity contribution < 1.29 is 14.3 Å². The van der Waals surface area contributed by atoms with Crippen molar-refractivity contribution in [3.05, 3.63) is 70.9 Å². The van der Waals surface area contributed by atoms with E-state index in [9.17, 15) is 14.9 Å². The fraction of sp³-hybridized carbons (Fsp3) is 0.240. The summed E-state index contributed by atoms with van der Waals surface area (Å²) in [7, 11) is 1.58. The Hall–Kier alpha value is -3.89.